The smallest absolute Gasteiger partial charge is 0.280 e. The molecule has 1 aliphatic rings. The first kappa shape index (κ1) is 18.4. The Morgan fingerprint density at radius 3 is 2.46 bits per heavy atom. The van der Waals surface area contributed by atoms with E-state index in [9.17, 15) is 4.79 Å². The molecule has 0 saturated carbocycles. The van der Waals surface area contributed by atoms with E-state index in [-0.39, 0.29) is 18.3 Å². The Balaban J connectivity index is 0.00000208. The van der Waals surface area contributed by atoms with Gasteiger partial charge < -0.3 is 10.2 Å². The average Bonchev–Trinajstić information content (AvgIpc) is 2.96. The summed E-state index contributed by atoms with van der Waals surface area (Å²) < 4.78 is 1.91. The van der Waals surface area contributed by atoms with E-state index in [1.807, 2.05) is 42.8 Å². The largest absolute Gasteiger partial charge is 0.317 e. The van der Waals surface area contributed by atoms with Crippen LogP contribution in [-0.4, -0.2) is 41.0 Å². The highest BCUT2D eigenvalue weighted by Gasteiger charge is 2.25. The van der Waals surface area contributed by atoms with Crippen LogP contribution in [0.3, 0.4) is 0 Å². The fraction of sp³-hybridized carbons (Fsp3) is 0.471. The zero-order valence-corrected chi connectivity index (χ0v) is 15.1. The second kappa shape index (κ2) is 7.77. The van der Waals surface area contributed by atoms with Gasteiger partial charge in [-0.25, -0.2) is 4.68 Å². The summed E-state index contributed by atoms with van der Waals surface area (Å²) in [5.74, 6) is -0.119. The van der Waals surface area contributed by atoms with Crippen LogP contribution in [0, 0.1) is 13.8 Å². The topological polar surface area (TPSA) is 63.1 Å². The molecule has 1 aliphatic heterocycles. The van der Waals surface area contributed by atoms with Crippen LogP contribution in [0.2, 0.25) is 0 Å². The minimum absolute atomic E-state index is 0. The van der Waals surface area contributed by atoms with Crippen LogP contribution >= 0.6 is 12.4 Å². The first-order valence-electron chi connectivity index (χ1n) is 8.05. The maximum atomic E-state index is 12.7. The van der Waals surface area contributed by atoms with Crippen molar-refractivity contribution >= 4 is 24.0 Å². The molecule has 0 atom stereocenters. The Hall–Kier alpha value is -1.92. The molecule has 130 valence electrons. The first-order valence-corrected chi connectivity index (χ1v) is 8.05. The molecule has 1 aromatic carbocycles. The van der Waals surface area contributed by atoms with Gasteiger partial charge >= 0.3 is 0 Å². The SMILES string of the molecule is Cc1ccc(N(C)C(=O)c2nnn(C3CCNCC3)c2C)cc1.Cl. The van der Waals surface area contributed by atoms with E-state index in [0.717, 1.165) is 37.3 Å². The highest BCUT2D eigenvalue weighted by molar-refractivity contribution is 6.05. The Kier molecular flexibility index (Phi) is 5.96. The highest BCUT2D eigenvalue weighted by atomic mass is 35.5. The van der Waals surface area contributed by atoms with Crippen molar-refractivity contribution in [2.24, 2.45) is 0 Å². The fourth-order valence-electron chi connectivity index (χ4n) is 2.98. The minimum atomic E-state index is -0.119. The number of amides is 1. The van der Waals surface area contributed by atoms with E-state index in [1.54, 1.807) is 11.9 Å². The molecule has 3 rings (SSSR count). The molecule has 1 fully saturated rings. The average molecular weight is 350 g/mol. The maximum Gasteiger partial charge on any atom is 0.280 e. The molecule has 24 heavy (non-hydrogen) atoms. The Labute approximate surface area is 148 Å². The van der Waals surface area contributed by atoms with E-state index in [1.165, 1.54) is 5.56 Å². The Morgan fingerprint density at radius 1 is 1.21 bits per heavy atom. The van der Waals surface area contributed by atoms with Gasteiger partial charge in [0.15, 0.2) is 5.69 Å². The van der Waals surface area contributed by atoms with Crippen molar-refractivity contribution in [2.45, 2.75) is 32.7 Å². The lowest BCUT2D eigenvalue weighted by atomic mass is 10.1. The third-order valence-electron chi connectivity index (χ3n) is 4.51. The second-order valence-corrected chi connectivity index (χ2v) is 6.15. The standard InChI is InChI=1S/C17H23N5O.ClH/c1-12-4-6-14(7-5-12)21(3)17(23)16-13(2)22(20-19-16)15-8-10-18-11-9-15;/h4-7,15,18H,8-11H2,1-3H3;1H. The van der Waals surface area contributed by atoms with Crippen molar-refractivity contribution in [3.8, 4) is 0 Å². The third kappa shape index (κ3) is 3.60. The number of aryl methyl sites for hydroxylation is 1. The summed E-state index contributed by atoms with van der Waals surface area (Å²) in [5, 5.41) is 11.7. The van der Waals surface area contributed by atoms with Crippen molar-refractivity contribution in [2.75, 3.05) is 25.0 Å². The van der Waals surface area contributed by atoms with Crippen LogP contribution in [0.15, 0.2) is 24.3 Å². The molecule has 0 unspecified atom stereocenters. The molecule has 0 bridgehead atoms. The summed E-state index contributed by atoms with van der Waals surface area (Å²) in [4.78, 5) is 14.4. The molecule has 1 amide bonds. The first-order chi connectivity index (χ1) is 11.1. The lowest BCUT2D eigenvalue weighted by Crippen LogP contribution is -2.30. The quantitative estimate of drug-likeness (QED) is 0.924. The van der Waals surface area contributed by atoms with Gasteiger partial charge in [0.05, 0.1) is 11.7 Å². The Morgan fingerprint density at radius 2 is 1.83 bits per heavy atom. The van der Waals surface area contributed by atoms with Crippen LogP contribution in [0.25, 0.3) is 0 Å². The molecular formula is C17H24ClN5O. The van der Waals surface area contributed by atoms with Gasteiger partial charge in [0.1, 0.15) is 0 Å². The number of hydrogen-bond acceptors (Lipinski definition) is 4. The molecule has 0 aliphatic carbocycles. The highest BCUT2D eigenvalue weighted by Crippen LogP contribution is 2.22. The number of hydrogen-bond donors (Lipinski definition) is 1. The number of anilines is 1. The zero-order chi connectivity index (χ0) is 16.4. The van der Waals surface area contributed by atoms with Gasteiger partial charge in [0.2, 0.25) is 0 Å². The molecule has 1 saturated heterocycles. The van der Waals surface area contributed by atoms with E-state index in [0.29, 0.717) is 11.7 Å². The molecule has 0 radical (unpaired) electrons. The van der Waals surface area contributed by atoms with Gasteiger partial charge in [-0.1, -0.05) is 22.9 Å². The summed E-state index contributed by atoms with van der Waals surface area (Å²) in [6.07, 6.45) is 2.04. The number of carbonyl (C=O) groups is 1. The van der Waals surface area contributed by atoms with Crippen molar-refractivity contribution in [1.82, 2.24) is 20.3 Å². The van der Waals surface area contributed by atoms with E-state index < -0.39 is 0 Å². The predicted octanol–water partition coefficient (Wildman–Crippen LogP) is 2.52. The fourth-order valence-corrected chi connectivity index (χ4v) is 2.98. The van der Waals surface area contributed by atoms with Gasteiger partial charge in [0, 0.05) is 12.7 Å². The molecule has 6 nitrogen and oxygen atoms in total. The number of nitrogens with zero attached hydrogens (tertiary/aromatic N) is 4. The van der Waals surface area contributed by atoms with Gasteiger partial charge in [-0.2, -0.15) is 0 Å². The number of rotatable bonds is 3. The molecule has 7 heteroatoms. The summed E-state index contributed by atoms with van der Waals surface area (Å²) in [6, 6.07) is 8.21. The van der Waals surface area contributed by atoms with Gasteiger partial charge in [-0.05, 0) is 51.9 Å². The number of carbonyl (C=O) groups excluding carboxylic acids is 1. The lowest BCUT2D eigenvalue weighted by Gasteiger charge is -2.23. The van der Waals surface area contributed by atoms with Crippen LogP contribution in [-0.2, 0) is 0 Å². The van der Waals surface area contributed by atoms with Gasteiger partial charge in [0.25, 0.3) is 5.91 Å². The number of benzene rings is 1. The zero-order valence-electron chi connectivity index (χ0n) is 14.3. The molecule has 1 N–H and O–H groups in total. The number of aromatic nitrogens is 3. The van der Waals surface area contributed by atoms with Crippen LogP contribution in [0.5, 0.6) is 0 Å². The van der Waals surface area contributed by atoms with E-state index >= 15 is 0 Å². The summed E-state index contributed by atoms with van der Waals surface area (Å²) in [6.45, 7) is 5.92. The monoisotopic (exact) mass is 349 g/mol. The molecular weight excluding hydrogens is 326 g/mol. The number of nitrogens with one attached hydrogen (secondary N) is 1. The lowest BCUT2D eigenvalue weighted by molar-refractivity contribution is 0.0987. The van der Waals surface area contributed by atoms with Crippen molar-refractivity contribution < 1.29 is 4.79 Å². The van der Waals surface area contributed by atoms with Crippen molar-refractivity contribution in [3.63, 3.8) is 0 Å². The maximum absolute atomic E-state index is 12.7. The molecule has 0 spiro atoms. The third-order valence-corrected chi connectivity index (χ3v) is 4.51. The summed E-state index contributed by atoms with van der Waals surface area (Å²) >= 11 is 0. The van der Waals surface area contributed by atoms with E-state index in [2.05, 4.69) is 15.6 Å². The van der Waals surface area contributed by atoms with Crippen LogP contribution < -0.4 is 10.2 Å². The summed E-state index contributed by atoms with van der Waals surface area (Å²) in [5.41, 5.74) is 3.31. The Bertz CT molecular complexity index is 692. The number of halogens is 1. The van der Waals surface area contributed by atoms with Crippen molar-refractivity contribution in [3.05, 3.63) is 41.2 Å². The minimum Gasteiger partial charge on any atom is -0.317 e. The second-order valence-electron chi connectivity index (χ2n) is 6.15. The molecule has 2 heterocycles. The summed E-state index contributed by atoms with van der Waals surface area (Å²) in [7, 11) is 1.77. The normalized spacial score (nSPS) is 15.0. The van der Waals surface area contributed by atoms with E-state index in [4.69, 9.17) is 0 Å². The van der Waals surface area contributed by atoms with Crippen LogP contribution in [0.4, 0.5) is 5.69 Å². The van der Waals surface area contributed by atoms with Gasteiger partial charge in [-0.15, -0.1) is 17.5 Å². The van der Waals surface area contributed by atoms with Gasteiger partial charge in [-0.3, -0.25) is 4.79 Å². The predicted molar refractivity (Wildman–Crippen MR) is 97.1 cm³/mol. The number of piperidine rings is 1. The van der Waals surface area contributed by atoms with Crippen LogP contribution in [0.1, 0.15) is 40.6 Å². The molecule has 1 aromatic heterocycles. The van der Waals surface area contributed by atoms with Crippen molar-refractivity contribution in [1.29, 1.82) is 0 Å². The molecule has 2 aromatic rings.